The largest absolute Gasteiger partial charge is 0.469 e. The molecule has 30 heavy (non-hydrogen) atoms. The molecule has 0 aliphatic carbocycles. The number of carbonyl (C=O) groups is 1. The molecule has 6 atom stereocenters. The van der Waals surface area contributed by atoms with Crippen LogP contribution in [0.15, 0.2) is 65.7 Å². The Kier molecular flexibility index (Phi) is 5.25. The van der Waals surface area contributed by atoms with Crippen molar-refractivity contribution in [2.45, 2.75) is 43.7 Å². The maximum Gasteiger partial charge on any atom is 0.217 e. The predicted molar refractivity (Wildman–Crippen MR) is 109 cm³/mol. The highest BCUT2D eigenvalue weighted by molar-refractivity contribution is 5.95. The SMILES string of the molecule is CC(=O)NC[C@@H]1O[C@@H]2COC(c3ccccc3)O[C@H]2[C@H]2N=C(c3ccccc3)O[C@H]21. The molecule has 1 N–H and O–H groups in total. The van der Waals surface area contributed by atoms with E-state index in [9.17, 15) is 4.79 Å². The highest BCUT2D eigenvalue weighted by Crippen LogP contribution is 2.38. The summed E-state index contributed by atoms with van der Waals surface area (Å²) in [7, 11) is 0. The summed E-state index contributed by atoms with van der Waals surface area (Å²) in [6, 6.07) is 19.4. The van der Waals surface area contributed by atoms with Crippen molar-refractivity contribution in [1.82, 2.24) is 5.32 Å². The Hall–Kier alpha value is -2.74. The number of rotatable bonds is 4. The lowest BCUT2D eigenvalue weighted by Crippen LogP contribution is -2.62. The van der Waals surface area contributed by atoms with Crippen molar-refractivity contribution in [3.05, 3.63) is 71.8 Å². The van der Waals surface area contributed by atoms with Gasteiger partial charge >= 0.3 is 0 Å². The summed E-state index contributed by atoms with van der Waals surface area (Å²) < 4.78 is 24.8. The quantitative estimate of drug-likeness (QED) is 0.839. The van der Waals surface area contributed by atoms with E-state index in [1.165, 1.54) is 6.92 Å². The highest BCUT2D eigenvalue weighted by atomic mass is 16.7. The van der Waals surface area contributed by atoms with Crippen LogP contribution in [0.1, 0.15) is 24.3 Å². The fourth-order valence-corrected chi connectivity index (χ4v) is 4.18. The molecule has 2 saturated heterocycles. The minimum absolute atomic E-state index is 0.111. The molecule has 3 aliphatic heterocycles. The second kappa shape index (κ2) is 8.18. The van der Waals surface area contributed by atoms with Crippen molar-refractivity contribution < 1.29 is 23.7 Å². The van der Waals surface area contributed by atoms with Gasteiger partial charge in [-0.1, -0.05) is 48.5 Å². The van der Waals surface area contributed by atoms with E-state index in [0.717, 1.165) is 11.1 Å². The highest BCUT2D eigenvalue weighted by Gasteiger charge is 2.53. The van der Waals surface area contributed by atoms with E-state index in [4.69, 9.17) is 23.9 Å². The molecule has 2 fully saturated rings. The van der Waals surface area contributed by atoms with Gasteiger partial charge in [0.25, 0.3) is 0 Å². The van der Waals surface area contributed by atoms with Gasteiger partial charge in [0.05, 0.1) is 6.61 Å². The van der Waals surface area contributed by atoms with Gasteiger partial charge in [0.2, 0.25) is 11.8 Å². The molecule has 0 spiro atoms. The lowest BCUT2D eigenvalue weighted by molar-refractivity contribution is -0.301. The van der Waals surface area contributed by atoms with Crippen LogP contribution in [-0.2, 0) is 23.7 Å². The van der Waals surface area contributed by atoms with E-state index in [0.29, 0.717) is 19.0 Å². The number of benzene rings is 2. The smallest absolute Gasteiger partial charge is 0.217 e. The Bertz CT molecular complexity index is 920. The molecule has 0 saturated carbocycles. The molecule has 5 rings (SSSR count). The molecule has 0 aromatic heterocycles. The van der Waals surface area contributed by atoms with Gasteiger partial charge < -0.3 is 24.3 Å². The number of amides is 1. The topological polar surface area (TPSA) is 78.4 Å². The molecule has 0 bridgehead atoms. The lowest BCUT2D eigenvalue weighted by Gasteiger charge is -2.46. The number of ether oxygens (including phenoxy) is 4. The average molecular weight is 408 g/mol. The normalized spacial score (nSPS) is 32.4. The van der Waals surface area contributed by atoms with Crippen LogP contribution in [0.2, 0.25) is 0 Å². The van der Waals surface area contributed by atoms with Crippen LogP contribution in [0.3, 0.4) is 0 Å². The maximum absolute atomic E-state index is 11.5. The van der Waals surface area contributed by atoms with Crippen molar-refractivity contribution >= 4 is 11.8 Å². The first kappa shape index (κ1) is 19.2. The van der Waals surface area contributed by atoms with E-state index in [1.807, 2.05) is 60.7 Å². The number of fused-ring (bicyclic) bond motifs is 3. The van der Waals surface area contributed by atoms with E-state index >= 15 is 0 Å². The molecular weight excluding hydrogens is 384 g/mol. The third kappa shape index (κ3) is 3.71. The van der Waals surface area contributed by atoms with Gasteiger partial charge in [-0.2, -0.15) is 0 Å². The van der Waals surface area contributed by atoms with Gasteiger partial charge in [-0.05, 0) is 12.1 Å². The van der Waals surface area contributed by atoms with Crippen LogP contribution in [0.5, 0.6) is 0 Å². The second-order valence-corrected chi connectivity index (χ2v) is 7.70. The Labute approximate surface area is 175 Å². The molecule has 0 radical (unpaired) electrons. The van der Waals surface area contributed by atoms with Crippen molar-refractivity contribution in [3.63, 3.8) is 0 Å². The summed E-state index contributed by atoms with van der Waals surface area (Å²) in [5.41, 5.74) is 1.87. The zero-order valence-electron chi connectivity index (χ0n) is 16.6. The number of carbonyl (C=O) groups excluding carboxylic acids is 1. The lowest BCUT2D eigenvalue weighted by atomic mass is 9.92. The molecule has 3 heterocycles. The number of hydrogen-bond acceptors (Lipinski definition) is 6. The summed E-state index contributed by atoms with van der Waals surface area (Å²) in [5, 5.41) is 2.84. The second-order valence-electron chi connectivity index (χ2n) is 7.70. The molecule has 3 aliphatic rings. The van der Waals surface area contributed by atoms with Crippen LogP contribution in [0.25, 0.3) is 0 Å². The van der Waals surface area contributed by atoms with Crippen molar-refractivity contribution in [2.75, 3.05) is 13.2 Å². The first-order valence-electron chi connectivity index (χ1n) is 10.2. The summed E-state index contributed by atoms with van der Waals surface area (Å²) in [4.78, 5) is 16.4. The number of nitrogens with one attached hydrogen (secondary N) is 1. The van der Waals surface area contributed by atoms with E-state index in [-0.39, 0.29) is 36.4 Å². The Balaban J connectivity index is 1.42. The van der Waals surface area contributed by atoms with Gasteiger partial charge in [-0.15, -0.1) is 0 Å². The summed E-state index contributed by atoms with van der Waals surface area (Å²) in [5.74, 6) is 0.466. The third-order valence-corrected chi connectivity index (χ3v) is 5.61. The molecule has 1 amide bonds. The maximum atomic E-state index is 11.5. The van der Waals surface area contributed by atoms with Crippen LogP contribution in [-0.4, -0.2) is 55.4 Å². The van der Waals surface area contributed by atoms with Crippen LogP contribution in [0, 0.1) is 0 Å². The fraction of sp³-hybridized carbons (Fsp3) is 0.391. The fourth-order valence-electron chi connectivity index (χ4n) is 4.18. The molecule has 7 heteroatoms. The molecule has 156 valence electrons. The van der Waals surface area contributed by atoms with Gasteiger partial charge in [0.1, 0.15) is 24.4 Å². The monoisotopic (exact) mass is 408 g/mol. The molecule has 2 aromatic carbocycles. The third-order valence-electron chi connectivity index (χ3n) is 5.61. The minimum atomic E-state index is -0.473. The number of aliphatic imine (C=N–C) groups is 1. The standard InChI is InChI=1S/C23H24N2O5/c1-14(26)24-12-17-20-19(25-22(29-20)15-8-4-2-5-9-15)21-18(28-17)13-27-23(30-21)16-10-6-3-7-11-16/h2-11,17-21,23H,12-13H2,1H3,(H,24,26)/t17-,18+,19-,20-,21+,23?/m0/s1. The molecular formula is C23H24N2O5. The van der Waals surface area contributed by atoms with E-state index < -0.39 is 6.29 Å². The van der Waals surface area contributed by atoms with E-state index in [2.05, 4.69) is 5.32 Å². The van der Waals surface area contributed by atoms with Gasteiger partial charge in [0, 0.05) is 24.6 Å². The molecule has 1 unspecified atom stereocenters. The first-order chi connectivity index (χ1) is 14.7. The first-order valence-corrected chi connectivity index (χ1v) is 10.2. The zero-order valence-corrected chi connectivity index (χ0v) is 16.6. The molecule has 2 aromatic rings. The minimum Gasteiger partial charge on any atom is -0.469 e. The van der Waals surface area contributed by atoms with Gasteiger partial charge in [-0.25, -0.2) is 4.99 Å². The number of nitrogens with zero attached hydrogens (tertiary/aromatic N) is 1. The Morgan fingerprint density at radius 2 is 1.77 bits per heavy atom. The van der Waals surface area contributed by atoms with Crippen LogP contribution < -0.4 is 5.32 Å². The predicted octanol–water partition coefficient (Wildman–Crippen LogP) is 2.22. The Morgan fingerprint density at radius 1 is 1.03 bits per heavy atom. The van der Waals surface area contributed by atoms with Gasteiger partial charge in [-0.3, -0.25) is 4.79 Å². The van der Waals surface area contributed by atoms with Crippen LogP contribution >= 0.6 is 0 Å². The van der Waals surface area contributed by atoms with E-state index in [1.54, 1.807) is 0 Å². The molecule has 7 nitrogen and oxygen atoms in total. The van der Waals surface area contributed by atoms with Gasteiger partial charge in [0.15, 0.2) is 12.4 Å². The van der Waals surface area contributed by atoms with Crippen LogP contribution in [0.4, 0.5) is 0 Å². The average Bonchev–Trinajstić information content (AvgIpc) is 3.24. The summed E-state index contributed by atoms with van der Waals surface area (Å²) in [6.07, 6.45) is -1.75. The summed E-state index contributed by atoms with van der Waals surface area (Å²) >= 11 is 0. The summed E-state index contributed by atoms with van der Waals surface area (Å²) in [6.45, 7) is 2.22. The van der Waals surface area contributed by atoms with Crippen molar-refractivity contribution in [2.24, 2.45) is 4.99 Å². The number of hydrogen-bond donors (Lipinski definition) is 1. The van der Waals surface area contributed by atoms with Crippen molar-refractivity contribution in [1.29, 1.82) is 0 Å². The van der Waals surface area contributed by atoms with Crippen molar-refractivity contribution in [3.8, 4) is 0 Å². The Morgan fingerprint density at radius 3 is 2.50 bits per heavy atom. The zero-order chi connectivity index (χ0) is 20.5.